The summed E-state index contributed by atoms with van der Waals surface area (Å²) in [4.78, 5) is 9.47. The van der Waals surface area contributed by atoms with E-state index >= 15 is 0 Å². The van der Waals surface area contributed by atoms with E-state index in [-0.39, 0.29) is 68.3 Å². The first-order valence-electron chi connectivity index (χ1n) is 2.61. The molecule has 0 heterocycles. The van der Waals surface area contributed by atoms with Crippen LogP contribution in [-0.4, -0.2) is 10.4 Å². The number of nitro benzene ring substituents is 1. The van der Waals surface area contributed by atoms with E-state index in [1.807, 2.05) is 0 Å². The molecule has 0 saturated heterocycles. The summed E-state index contributed by atoms with van der Waals surface area (Å²) in [5.41, 5.74) is -0.0559. The first-order valence-corrected chi connectivity index (χ1v) is 2.61. The van der Waals surface area contributed by atoms with E-state index in [2.05, 4.69) is 0 Å². The fourth-order valence-electron chi connectivity index (χ4n) is 0.568. The zero-order valence-electron chi connectivity index (χ0n) is 6.48. The van der Waals surface area contributed by atoms with Gasteiger partial charge in [0.2, 0.25) is 0 Å². The Kier molecular flexibility index (Phi) is 7.90. The number of hydrogen-bond donors (Lipinski definition) is 0. The number of nitro groups is 1. The van der Waals surface area contributed by atoms with Crippen molar-refractivity contribution in [3.63, 3.8) is 0 Å². The molecule has 2 N–H and O–H groups in total. The van der Waals surface area contributed by atoms with Gasteiger partial charge in [-0.1, -0.05) is 12.1 Å². The molecule has 5 nitrogen and oxygen atoms in total. The first-order chi connectivity index (χ1) is 4.70. The van der Waals surface area contributed by atoms with Crippen molar-refractivity contribution in [3.05, 3.63) is 34.4 Å². The van der Waals surface area contributed by atoms with E-state index in [1.165, 1.54) is 12.1 Å². The van der Waals surface area contributed by atoms with Gasteiger partial charge in [0.25, 0.3) is 5.69 Å². The molecule has 12 heavy (non-hydrogen) atoms. The van der Waals surface area contributed by atoms with Crippen LogP contribution in [0.2, 0.25) is 0 Å². The Morgan fingerprint density at radius 1 is 1.17 bits per heavy atom. The van der Waals surface area contributed by atoms with Crippen LogP contribution < -0.4 is 56.5 Å². The van der Waals surface area contributed by atoms with Gasteiger partial charge in [-0.3, -0.25) is 10.1 Å². The molecule has 6 heteroatoms. The van der Waals surface area contributed by atoms with Gasteiger partial charge in [0.1, 0.15) is 0 Å². The van der Waals surface area contributed by atoms with Crippen LogP contribution in [0.1, 0.15) is 0 Å². The van der Waals surface area contributed by atoms with Crippen LogP contribution in [0.4, 0.5) is 5.69 Å². The minimum absolute atomic E-state index is 0. The van der Waals surface area contributed by atoms with E-state index in [1.54, 1.807) is 0 Å². The molecule has 0 bridgehead atoms. The molecule has 0 unspecified atom stereocenters. The quantitative estimate of drug-likeness (QED) is 0.269. The molecule has 0 amide bonds. The molecule has 0 spiro atoms. The molecular formula is C6H6KNO4. The predicted molar refractivity (Wildman–Crippen MR) is 36.2 cm³/mol. The predicted octanol–water partition coefficient (Wildman–Crippen LogP) is -3.15. The average Bonchev–Trinajstić information content (AvgIpc) is 1.88. The molecule has 60 valence electrons. The van der Waals surface area contributed by atoms with Gasteiger partial charge in [-0.05, 0) is 0 Å². The molecular weight excluding hydrogens is 189 g/mol. The molecule has 0 aliphatic carbocycles. The minimum atomic E-state index is -0.542. The summed E-state index contributed by atoms with van der Waals surface area (Å²) in [5.74, 6) is -0.217. The second-order valence-corrected chi connectivity index (χ2v) is 1.75. The zero-order valence-corrected chi connectivity index (χ0v) is 9.60. The number of non-ortho nitro benzene ring substituents is 1. The van der Waals surface area contributed by atoms with E-state index in [9.17, 15) is 15.2 Å². The monoisotopic (exact) mass is 195 g/mol. The fraction of sp³-hybridized carbons (Fsp3) is 0. The average molecular weight is 195 g/mol. The van der Waals surface area contributed by atoms with Crippen LogP contribution in [0.25, 0.3) is 0 Å². The van der Waals surface area contributed by atoms with Crippen LogP contribution in [-0.2, 0) is 0 Å². The summed E-state index contributed by atoms with van der Waals surface area (Å²) in [6.07, 6.45) is 0. The maximum absolute atomic E-state index is 10.4. The maximum atomic E-state index is 10.4. The van der Waals surface area contributed by atoms with Crippen LogP contribution in [0.15, 0.2) is 24.3 Å². The molecule has 1 aromatic carbocycles. The van der Waals surface area contributed by atoms with Crippen molar-refractivity contribution < 1.29 is 66.9 Å². The van der Waals surface area contributed by atoms with E-state index < -0.39 is 4.92 Å². The van der Waals surface area contributed by atoms with Crippen molar-refractivity contribution >= 4 is 5.69 Å². The van der Waals surface area contributed by atoms with Crippen molar-refractivity contribution in [1.29, 1.82) is 0 Å². The van der Waals surface area contributed by atoms with Crippen molar-refractivity contribution in [1.82, 2.24) is 0 Å². The summed E-state index contributed by atoms with van der Waals surface area (Å²) in [6, 6.07) is 4.70. The molecule has 0 saturated carbocycles. The number of benzene rings is 1. The Labute approximate surface area is 111 Å². The van der Waals surface area contributed by atoms with Gasteiger partial charge in [-0.2, -0.15) is 0 Å². The molecule has 0 atom stereocenters. The summed E-state index contributed by atoms with van der Waals surface area (Å²) >= 11 is 0. The Hall–Kier alpha value is 0.0164. The van der Waals surface area contributed by atoms with Crippen molar-refractivity contribution in [2.45, 2.75) is 0 Å². The topological polar surface area (TPSA) is 97.7 Å². The largest absolute Gasteiger partial charge is 1.00 e. The number of nitrogens with zero attached hydrogens (tertiary/aromatic N) is 1. The Bertz CT molecular complexity index is 248. The third kappa shape index (κ3) is 4.14. The maximum Gasteiger partial charge on any atom is 1.00 e. The minimum Gasteiger partial charge on any atom is -0.872 e. The van der Waals surface area contributed by atoms with Crippen molar-refractivity contribution in [3.8, 4) is 5.75 Å². The molecule has 1 rings (SSSR count). The summed E-state index contributed by atoms with van der Waals surface area (Å²) in [5, 5.41) is 20.4. The Morgan fingerprint density at radius 3 is 1.92 bits per heavy atom. The summed E-state index contributed by atoms with van der Waals surface area (Å²) < 4.78 is 0. The van der Waals surface area contributed by atoms with Gasteiger partial charge < -0.3 is 10.6 Å². The van der Waals surface area contributed by atoms with Gasteiger partial charge >= 0.3 is 51.4 Å². The van der Waals surface area contributed by atoms with Crippen LogP contribution in [0.3, 0.4) is 0 Å². The van der Waals surface area contributed by atoms with Gasteiger partial charge in [-0.25, -0.2) is 0 Å². The van der Waals surface area contributed by atoms with Gasteiger partial charge in [0, 0.05) is 12.1 Å². The standard InChI is InChI=1S/C6H5NO3.K.H2O/c8-6-3-1-5(2-4-6)7(9)10;;/h1-4,8H;;1H2/q;+1;/p-1. The molecule has 0 radical (unpaired) electrons. The normalized spacial score (nSPS) is 7.67. The van der Waals surface area contributed by atoms with Gasteiger partial charge in [-0.15, -0.1) is 5.75 Å². The van der Waals surface area contributed by atoms with Crippen molar-refractivity contribution in [2.24, 2.45) is 0 Å². The smallest absolute Gasteiger partial charge is 0.872 e. The third-order valence-electron chi connectivity index (χ3n) is 1.05. The van der Waals surface area contributed by atoms with Crippen LogP contribution >= 0.6 is 0 Å². The molecule has 0 aliphatic rings. The molecule has 0 fully saturated rings. The fourth-order valence-corrected chi connectivity index (χ4v) is 0.568. The second kappa shape index (κ2) is 6.52. The SMILES string of the molecule is O.O=[N+]([O-])c1ccc([O-])cc1.[K+]. The summed E-state index contributed by atoms with van der Waals surface area (Å²) in [7, 11) is 0. The van der Waals surface area contributed by atoms with E-state index in [4.69, 9.17) is 0 Å². The van der Waals surface area contributed by atoms with E-state index in [0.29, 0.717) is 0 Å². The van der Waals surface area contributed by atoms with Gasteiger partial charge in [0.15, 0.2) is 0 Å². The third-order valence-corrected chi connectivity index (χ3v) is 1.05. The summed E-state index contributed by atoms with van der Waals surface area (Å²) in [6.45, 7) is 0. The number of hydrogen-bond acceptors (Lipinski definition) is 3. The second-order valence-electron chi connectivity index (χ2n) is 1.75. The number of rotatable bonds is 1. The zero-order chi connectivity index (χ0) is 7.56. The molecule has 0 aromatic heterocycles. The van der Waals surface area contributed by atoms with Crippen molar-refractivity contribution in [2.75, 3.05) is 0 Å². The first kappa shape index (κ1) is 14.5. The van der Waals surface area contributed by atoms with Crippen LogP contribution in [0.5, 0.6) is 5.75 Å². The van der Waals surface area contributed by atoms with Gasteiger partial charge in [0.05, 0.1) is 4.92 Å². The molecule has 0 aliphatic heterocycles. The van der Waals surface area contributed by atoms with E-state index in [0.717, 1.165) is 12.1 Å². The Balaban J connectivity index is 0. The Morgan fingerprint density at radius 2 is 1.58 bits per heavy atom. The van der Waals surface area contributed by atoms with Crippen LogP contribution in [0, 0.1) is 10.1 Å². The molecule has 1 aromatic rings.